The first kappa shape index (κ1) is 11.7. The Morgan fingerprint density at radius 3 is 2.25 bits per heavy atom. The molecule has 0 aliphatic carbocycles. The fourth-order valence-electron chi connectivity index (χ4n) is 0.822. The SMILES string of the molecule is Cl.N=C(N)Cc1ccc(I)cc1. The van der Waals surface area contributed by atoms with Crippen LogP contribution in [-0.4, -0.2) is 5.84 Å². The van der Waals surface area contributed by atoms with Crippen LogP contribution in [0.25, 0.3) is 0 Å². The van der Waals surface area contributed by atoms with Crippen LogP contribution in [0.5, 0.6) is 0 Å². The Balaban J connectivity index is 0.00000121. The number of hydrogen-bond acceptors (Lipinski definition) is 1. The molecule has 1 aromatic rings. The van der Waals surface area contributed by atoms with E-state index in [0.29, 0.717) is 6.42 Å². The molecule has 0 radical (unpaired) electrons. The Hall–Kier alpha value is -0.290. The number of nitrogens with two attached hydrogens (primary N) is 1. The van der Waals surface area contributed by atoms with Gasteiger partial charge in [0.05, 0.1) is 5.84 Å². The highest BCUT2D eigenvalue weighted by Gasteiger charge is 1.93. The fraction of sp³-hybridized carbons (Fsp3) is 0.125. The molecule has 0 saturated heterocycles. The fourth-order valence-corrected chi connectivity index (χ4v) is 1.18. The van der Waals surface area contributed by atoms with Gasteiger partial charge in [0.2, 0.25) is 0 Å². The maximum absolute atomic E-state index is 7.06. The van der Waals surface area contributed by atoms with Crippen LogP contribution in [0.3, 0.4) is 0 Å². The third-order valence-corrected chi connectivity index (χ3v) is 2.03. The Morgan fingerprint density at radius 2 is 1.83 bits per heavy atom. The van der Waals surface area contributed by atoms with Crippen molar-refractivity contribution in [3.8, 4) is 0 Å². The van der Waals surface area contributed by atoms with E-state index in [-0.39, 0.29) is 18.2 Å². The molecule has 4 heteroatoms. The highest BCUT2D eigenvalue weighted by atomic mass is 127. The van der Waals surface area contributed by atoms with Crippen LogP contribution in [0, 0.1) is 8.98 Å². The first-order chi connectivity index (χ1) is 5.18. The van der Waals surface area contributed by atoms with Gasteiger partial charge in [-0.3, -0.25) is 5.41 Å². The smallest absolute Gasteiger partial charge is 0.0950 e. The maximum Gasteiger partial charge on any atom is 0.0950 e. The summed E-state index contributed by atoms with van der Waals surface area (Å²) in [4.78, 5) is 0. The van der Waals surface area contributed by atoms with Crippen molar-refractivity contribution in [1.82, 2.24) is 0 Å². The lowest BCUT2D eigenvalue weighted by atomic mass is 10.1. The van der Waals surface area contributed by atoms with Crippen LogP contribution in [0.2, 0.25) is 0 Å². The molecule has 0 fully saturated rings. The molecule has 0 amide bonds. The van der Waals surface area contributed by atoms with E-state index in [0.717, 1.165) is 5.56 Å². The van der Waals surface area contributed by atoms with Gasteiger partial charge in [0.1, 0.15) is 0 Å². The number of nitrogens with one attached hydrogen (secondary N) is 1. The monoisotopic (exact) mass is 296 g/mol. The Kier molecular flexibility index (Phi) is 5.24. The van der Waals surface area contributed by atoms with Gasteiger partial charge >= 0.3 is 0 Å². The first-order valence-corrected chi connectivity index (χ1v) is 4.33. The molecule has 0 heterocycles. The van der Waals surface area contributed by atoms with E-state index in [2.05, 4.69) is 22.6 Å². The molecule has 0 aromatic heterocycles. The lowest BCUT2D eigenvalue weighted by Crippen LogP contribution is -2.12. The summed E-state index contributed by atoms with van der Waals surface area (Å²) >= 11 is 2.25. The Morgan fingerprint density at radius 1 is 1.33 bits per heavy atom. The minimum atomic E-state index is 0. The number of halogens is 2. The van der Waals surface area contributed by atoms with Crippen molar-refractivity contribution in [1.29, 1.82) is 5.41 Å². The van der Waals surface area contributed by atoms with E-state index >= 15 is 0 Å². The third kappa shape index (κ3) is 3.92. The van der Waals surface area contributed by atoms with Crippen LogP contribution in [-0.2, 0) is 6.42 Å². The number of hydrogen-bond donors (Lipinski definition) is 2. The maximum atomic E-state index is 7.06. The van der Waals surface area contributed by atoms with E-state index < -0.39 is 0 Å². The molecule has 0 spiro atoms. The molecular formula is C8H10ClIN2. The lowest BCUT2D eigenvalue weighted by molar-refractivity contribution is 1.24. The van der Waals surface area contributed by atoms with Crippen LogP contribution >= 0.6 is 35.0 Å². The first-order valence-electron chi connectivity index (χ1n) is 3.26. The van der Waals surface area contributed by atoms with Gasteiger partial charge in [-0.05, 0) is 40.3 Å². The molecule has 66 valence electrons. The molecule has 0 atom stereocenters. The van der Waals surface area contributed by atoms with Gasteiger partial charge in [0.15, 0.2) is 0 Å². The number of amidine groups is 1. The summed E-state index contributed by atoms with van der Waals surface area (Å²) in [5, 5.41) is 7.06. The zero-order valence-electron chi connectivity index (χ0n) is 6.38. The van der Waals surface area contributed by atoms with Gasteiger partial charge in [-0.25, -0.2) is 0 Å². The molecule has 1 rings (SSSR count). The van der Waals surface area contributed by atoms with E-state index in [4.69, 9.17) is 11.1 Å². The third-order valence-electron chi connectivity index (χ3n) is 1.31. The molecule has 0 aliphatic rings. The lowest BCUT2D eigenvalue weighted by Gasteiger charge is -1.98. The molecule has 2 nitrogen and oxygen atoms in total. The molecule has 0 unspecified atom stereocenters. The second kappa shape index (κ2) is 5.37. The van der Waals surface area contributed by atoms with Gasteiger partial charge in [0, 0.05) is 9.99 Å². The summed E-state index contributed by atoms with van der Waals surface area (Å²) in [5.41, 5.74) is 6.34. The average molecular weight is 297 g/mol. The molecular weight excluding hydrogens is 286 g/mol. The molecule has 0 bridgehead atoms. The van der Waals surface area contributed by atoms with Crippen LogP contribution in [0.15, 0.2) is 24.3 Å². The minimum Gasteiger partial charge on any atom is -0.387 e. The molecule has 12 heavy (non-hydrogen) atoms. The summed E-state index contributed by atoms with van der Waals surface area (Å²) in [6.45, 7) is 0. The molecule has 1 aromatic carbocycles. The van der Waals surface area contributed by atoms with Gasteiger partial charge in [-0.2, -0.15) is 0 Å². The predicted octanol–water partition coefficient (Wildman–Crippen LogP) is 2.19. The van der Waals surface area contributed by atoms with Crippen molar-refractivity contribution in [2.45, 2.75) is 6.42 Å². The number of benzene rings is 1. The predicted molar refractivity (Wildman–Crippen MR) is 62.0 cm³/mol. The van der Waals surface area contributed by atoms with Crippen molar-refractivity contribution in [3.63, 3.8) is 0 Å². The quantitative estimate of drug-likeness (QED) is 0.490. The highest BCUT2D eigenvalue weighted by Crippen LogP contribution is 2.06. The van der Waals surface area contributed by atoms with E-state index in [1.807, 2.05) is 24.3 Å². The Bertz CT molecular complexity index is 258. The summed E-state index contributed by atoms with van der Waals surface area (Å²) in [7, 11) is 0. The average Bonchev–Trinajstić information content (AvgIpc) is 1.93. The van der Waals surface area contributed by atoms with Crippen LogP contribution in [0.4, 0.5) is 0 Å². The summed E-state index contributed by atoms with van der Waals surface area (Å²) in [6, 6.07) is 8.00. The van der Waals surface area contributed by atoms with Crippen LogP contribution < -0.4 is 5.73 Å². The number of rotatable bonds is 2. The van der Waals surface area contributed by atoms with Gasteiger partial charge in [-0.15, -0.1) is 12.4 Å². The second-order valence-corrected chi connectivity index (χ2v) is 3.57. The van der Waals surface area contributed by atoms with Crippen molar-refractivity contribution in [2.75, 3.05) is 0 Å². The normalized spacial score (nSPS) is 8.75. The van der Waals surface area contributed by atoms with Crippen molar-refractivity contribution in [2.24, 2.45) is 5.73 Å². The summed E-state index contributed by atoms with van der Waals surface area (Å²) < 4.78 is 1.20. The van der Waals surface area contributed by atoms with Crippen molar-refractivity contribution in [3.05, 3.63) is 33.4 Å². The standard InChI is InChI=1S/C8H9IN2.ClH/c9-7-3-1-6(2-4-7)5-8(10)11;/h1-4H,5H2,(H3,10,11);1H. The summed E-state index contributed by atoms with van der Waals surface area (Å²) in [6.07, 6.45) is 0.552. The zero-order valence-corrected chi connectivity index (χ0v) is 9.35. The second-order valence-electron chi connectivity index (χ2n) is 2.33. The van der Waals surface area contributed by atoms with Crippen molar-refractivity contribution >= 4 is 40.8 Å². The summed E-state index contributed by atoms with van der Waals surface area (Å²) in [5.74, 6) is 0.214. The Labute approximate surface area is 91.6 Å². The largest absolute Gasteiger partial charge is 0.387 e. The molecule has 0 aliphatic heterocycles. The highest BCUT2D eigenvalue weighted by molar-refractivity contribution is 14.1. The molecule has 3 N–H and O–H groups in total. The minimum absolute atomic E-state index is 0. The van der Waals surface area contributed by atoms with E-state index in [9.17, 15) is 0 Å². The van der Waals surface area contributed by atoms with Gasteiger partial charge in [0.25, 0.3) is 0 Å². The van der Waals surface area contributed by atoms with Crippen molar-refractivity contribution < 1.29 is 0 Å². The zero-order chi connectivity index (χ0) is 8.27. The van der Waals surface area contributed by atoms with Gasteiger partial charge < -0.3 is 5.73 Å². The topological polar surface area (TPSA) is 49.9 Å². The van der Waals surface area contributed by atoms with E-state index in [1.165, 1.54) is 3.57 Å². The van der Waals surface area contributed by atoms with E-state index in [1.54, 1.807) is 0 Å². The molecule has 0 saturated carbocycles. The van der Waals surface area contributed by atoms with Gasteiger partial charge in [-0.1, -0.05) is 12.1 Å². The van der Waals surface area contributed by atoms with Crippen LogP contribution in [0.1, 0.15) is 5.56 Å².